The Bertz CT molecular complexity index is 561. The first-order valence-electron chi connectivity index (χ1n) is 5.61. The second-order valence-corrected chi connectivity index (χ2v) is 4.22. The van der Waals surface area contributed by atoms with Crippen LogP contribution in [0.15, 0.2) is 24.3 Å². The highest BCUT2D eigenvalue weighted by Crippen LogP contribution is 2.23. The molecule has 2 rings (SSSR count). The predicted molar refractivity (Wildman–Crippen MR) is 69.7 cm³/mol. The van der Waals surface area contributed by atoms with Crippen LogP contribution in [0.2, 0.25) is 5.02 Å². The summed E-state index contributed by atoms with van der Waals surface area (Å²) in [5.41, 5.74) is 2.46. The first-order valence-corrected chi connectivity index (χ1v) is 5.99. The third-order valence-corrected chi connectivity index (χ3v) is 2.72. The fourth-order valence-corrected chi connectivity index (χ4v) is 1.77. The van der Waals surface area contributed by atoms with Crippen molar-refractivity contribution in [3.63, 3.8) is 0 Å². The van der Waals surface area contributed by atoms with Gasteiger partial charge < -0.3 is 9.72 Å². The third-order valence-electron chi connectivity index (χ3n) is 2.47. The molecule has 0 radical (unpaired) electrons. The minimum absolute atomic E-state index is 0.222. The van der Waals surface area contributed by atoms with E-state index in [1.165, 1.54) is 0 Å². The van der Waals surface area contributed by atoms with E-state index in [4.69, 9.17) is 16.3 Å². The largest absolute Gasteiger partial charge is 0.460 e. The summed E-state index contributed by atoms with van der Waals surface area (Å²) < 4.78 is 4.90. The summed E-state index contributed by atoms with van der Waals surface area (Å²) >= 11 is 5.83. The second kappa shape index (κ2) is 5.23. The topological polar surface area (TPSA) is 55.0 Å². The lowest BCUT2D eigenvalue weighted by Gasteiger charge is -1.98. The van der Waals surface area contributed by atoms with Crippen LogP contribution < -0.4 is 0 Å². The number of imidazole rings is 1. The maximum atomic E-state index is 11.6. The standard InChI is InChI=1S/C13H13ClN2O2/c1-3-18-13(17)12-15-8(2)11(16-12)9-4-6-10(14)7-5-9/h4-7H,3H2,1-2H3,(H,15,16). The highest BCUT2D eigenvalue weighted by atomic mass is 35.5. The zero-order chi connectivity index (χ0) is 13.1. The maximum Gasteiger partial charge on any atom is 0.374 e. The summed E-state index contributed by atoms with van der Waals surface area (Å²) in [5.74, 6) is -0.222. The van der Waals surface area contributed by atoms with E-state index in [1.54, 1.807) is 19.1 Å². The number of carbonyl (C=O) groups is 1. The Morgan fingerprint density at radius 1 is 1.39 bits per heavy atom. The van der Waals surface area contributed by atoms with Crippen LogP contribution in [0.4, 0.5) is 0 Å². The monoisotopic (exact) mass is 264 g/mol. The first kappa shape index (κ1) is 12.6. The van der Waals surface area contributed by atoms with E-state index < -0.39 is 5.97 Å². The fraction of sp³-hybridized carbons (Fsp3) is 0.231. The van der Waals surface area contributed by atoms with E-state index in [-0.39, 0.29) is 5.82 Å². The van der Waals surface area contributed by atoms with Gasteiger partial charge in [-0.3, -0.25) is 0 Å². The van der Waals surface area contributed by atoms with Crippen molar-refractivity contribution in [3.05, 3.63) is 40.8 Å². The van der Waals surface area contributed by atoms with Gasteiger partial charge in [-0.05, 0) is 26.0 Å². The molecule has 0 unspecified atom stereocenters. The van der Waals surface area contributed by atoms with E-state index in [9.17, 15) is 4.79 Å². The number of halogens is 1. The smallest absolute Gasteiger partial charge is 0.374 e. The Hall–Kier alpha value is -1.81. The van der Waals surface area contributed by atoms with Gasteiger partial charge in [0.05, 0.1) is 12.3 Å². The summed E-state index contributed by atoms with van der Waals surface area (Å²) in [6, 6.07) is 7.30. The van der Waals surface area contributed by atoms with E-state index in [0.717, 1.165) is 17.0 Å². The molecular weight excluding hydrogens is 252 g/mol. The molecule has 0 saturated carbocycles. The molecule has 18 heavy (non-hydrogen) atoms. The van der Waals surface area contributed by atoms with E-state index >= 15 is 0 Å². The molecule has 0 atom stereocenters. The molecular formula is C13H13ClN2O2. The summed E-state index contributed by atoms with van der Waals surface area (Å²) in [5, 5.41) is 0.664. The number of hydrogen-bond donors (Lipinski definition) is 1. The Morgan fingerprint density at radius 3 is 2.67 bits per heavy atom. The second-order valence-electron chi connectivity index (χ2n) is 3.79. The molecule has 1 heterocycles. The molecule has 5 heteroatoms. The minimum atomic E-state index is -0.444. The molecule has 0 amide bonds. The number of nitrogens with zero attached hydrogens (tertiary/aromatic N) is 1. The van der Waals surface area contributed by atoms with Crippen LogP contribution in [0.1, 0.15) is 23.2 Å². The number of H-pyrrole nitrogens is 1. The zero-order valence-electron chi connectivity index (χ0n) is 10.2. The Balaban J connectivity index is 2.34. The normalized spacial score (nSPS) is 10.4. The van der Waals surface area contributed by atoms with Gasteiger partial charge in [-0.15, -0.1) is 0 Å². The number of aromatic amines is 1. The van der Waals surface area contributed by atoms with Crippen LogP contribution in [-0.2, 0) is 4.74 Å². The number of hydrogen-bond acceptors (Lipinski definition) is 3. The minimum Gasteiger partial charge on any atom is -0.460 e. The van der Waals surface area contributed by atoms with Crippen molar-refractivity contribution in [2.75, 3.05) is 6.61 Å². The van der Waals surface area contributed by atoms with Crippen molar-refractivity contribution < 1.29 is 9.53 Å². The van der Waals surface area contributed by atoms with Crippen LogP contribution in [-0.4, -0.2) is 22.5 Å². The van der Waals surface area contributed by atoms with Gasteiger partial charge in [-0.2, -0.15) is 0 Å². The van der Waals surface area contributed by atoms with Gasteiger partial charge in [0.25, 0.3) is 0 Å². The lowest BCUT2D eigenvalue weighted by molar-refractivity contribution is 0.0513. The lowest BCUT2D eigenvalue weighted by Crippen LogP contribution is -2.06. The van der Waals surface area contributed by atoms with Gasteiger partial charge in [0.1, 0.15) is 0 Å². The zero-order valence-corrected chi connectivity index (χ0v) is 10.9. The van der Waals surface area contributed by atoms with Crippen molar-refractivity contribution in [2.24, 2.45) is 0 Å². The SMILES string of the molecule is CCOC(=O)c1nc(-c2ccc(Cl)cc2)c(C)[nH]1. The number of carbonyl (C=O) groups excluding carboxylic acids is 1. The van der Waals surface area contributed by atoms with E-state index in [1.807, 2.05) is 19.1 Å². The quantitative estimate of drug-likeness (QED) is 0.866. The number of ether oxygens (including phenoxy) is 1. The summed E-state index contributed by atoms with van der Waals surface area (Å²) in [7, 11) is 0. The van der Waals surface area contributed by atoms with Crippen molar-refractivity contribution in [1.29, 1.82) is 0 Å². The number of aromatic nitrogens is 2. The Labute approximate surface area is 110 Å². The average Bonchev–Trinajstić information content (AvgIpc) is 2.73. The molecule has 94 valence electrons. The molecule has 0 bridgehead atoms. The highest BCUT2D eigenvalue weighted by Gasteiger charge is 2.15. The summed E-state index contributed by atoms with van der Waals surface area (Å²) in [4.78, 5) is 18.7. The highest BCUT2D eigenvalue weighted by molar-refractivity contribution is 6.30. The van der Waals surface area contributed by atoms with E-state index in [2.05, 4.69) is 9.97 Å². The summed E-state index contributed by atoms with van der Waals surface area (Å²) in [6.45, 7) is 3.95. The number of esters is 1. The fourth-order valence-electron chi connectivity index (χ4n) is 1.65. The Kier molecular flexibility index (Phi) is 3.67. The number of nitrogens with one attached hydrogen (secondary N) is 1. The van der Waals surface area contributed by atoms with Crippen LogP contribution >= 0.6 is 11.6 Å². The van der Waals surface area contributed by atoms with Gasteiger partial charge in [-0.25, -0.2) is 9.78 Å². The predicted octanol–water partition coefficient (Wildman–Crippen LogP) is 3.22. The van der Waals surface area contributed by atoms with Gasteiger partial charge in [0, 0.05) is 16.3 Å². The molecule has 1 N–H and O–H groups in total. The maximum absolute atomic E-state index is 11.6. The molecule has 0 fully saturated rings. The van der Waals surface area contributed by atoms with Crippen molar-refractivity contribution in [2.45, 2.75) is 13.8 Å². The number of rotatable bonds is 3. The van der Waals surface area contributed by atoms with Gasteiger partial charge >= 0.3 is 5.97 Å². The third kappa shape index (κ3) is 2.54. The van der Waals surface area contributed by atoms with Gasteiger partial charge in [-0.1, -0.05) is 23.7 Å². The van der Waals surface area contributed by atoms with Crippen molar-refractivity contribution in [3.8, 4) is 11.3 Å². The molecule has 0 aliphatic rings. The van der Waals surface area contributed by atoms with Gasteiger partial charge in [0.15, 0.2) is 0 Å². The summed E-state index contributed by atoms with van der Waals surface area (Å²) in [6.07, 6.45) is 0. The molecule has 4 nitrogen and oxygen atoms in total. The average molecular weight is 265 g/mol. The van der Waals surface area contributed by atoms with Crippen molar-refractivity contribution >= 4 is 17.6 Å². The molecule has 0 aliphatic heterocycles. The van der Waals surface area contributed by atoms with E-state index in [0.29, 0.717) is 11.6 Å². The molecule has 0 aliphatic carbocycles. The number of benzene rings is 1. The lowest BCUT2D eigenvalue weighted by atomic mass is 10.1. The molecule has 0 spiro atoms. The molecule has 1 aromatic heterocycles. The van der Waals surface area contributed by atoms with Crippen LogP contribution in [0.3, 0.4) is 0 Å². The first-order chi connectivity index (χ1) is 8.61. The van der Waals surface area contributed by atoms with Crippen LogP contribution in [0.25, 0.3) is 11.3 Å². The molecule has 2 aromatic rings. The van der Waals surface area contributed by atoms with Crippen LogP contribution in [0.5, 0.6) is 0 Å². The molecule has 0 saturated heterocycles. The van der Waals surface area contributed by atoms with Gasteiger partial charge in [0.2, 0.25) is 5.82 Å². The molecule has 1 aromatic carbocycles. The number of aryl methyl sites for hydroxylation is 1. The van der Waals surface area contributed by atoms with Crippen molar-refractivity contribution in [1.82, 2.24) is 9.97 Å². The Morgan fingerprint density at radius 2 is 2.06 bits per heavy atom. The van der Waals surface area contributed by atoms with Crippen LogP contribution in [0, 0.1) is 6.92 Å².